The number of aliphatic hydroxyl groups excluding tert-OH is 1. The Morgan fingerprint density at radius 3 is 2.74 bits per heavy atom. The first-order valence-corrected chi connectivity index (χ1v) is 10.4. The van der Waals surface area contributed by atoms with Gasteiger partial charge in [-0.05, 0) is 24.3 Å². The summed E-state index contributed by atoms with van der Waals surface area (Å²) in [5.74, 6) is -0.371. The summed E-state index contributed by atoms with van der Waals surface area (Å²) in [6.07, 6.45) is -5.55. The van der Waals surface area contributed by atoms with Gasteiger partial charge < -0.3 is 15.2 Å². The van der Waals surface area contributed by atoms with E-state index in [1.54, 1.807) is 11.4 Å². The molecule has 2 aromatic carbocycles. The number of hydrogen-bond acceptors (Lipinski definition) is 5. The standard InChI is InChI=1S/C21H18ClF3N2O3S/c22-18-7-2-1-6-17(18)20-27-14(12-31-20)9-19(29)26-10-15(28)11-30-16-5-3-4-13(8-16)21(23,24)25/h1-8,12,15,28H,9-11H2,(H,26,29). The van der Waals surface area contributed by atoms with Gasteiger partial charge >= 0.3 is 6.18 Å². The third-order valence-corrected chi connectivity index (χ3v) is 5.39. The van der Waals surface area contributed by atoms with Gasteiger partial charge in [0.05, 0.1) is 22.7 Å². The number of rotatable bonds is 8. The number of nitrogens with zero attached hydrogens (tertiary/aromatic N) is 1. The second kappa shape index (κ2) is 10.1. The number of aliphatic hydroxyl groups is 1. The third-order valence-electron chi connectivity index (χ3n) is 4.14. The number of nitrogens with one attached hydrogen (secondary N) is 1. The molecule has 2 N–H and O–H groups in total. The number of hydrogen-bond donors (Lipinski definition) is 2. The molecule has 0 saturated carbocycles. The van der Waals surface area contributed by atoms with Crippen molar-refractivity contribution in [3.05, 3.63) is 70.2 Å². The summed E-state index contributed by atoms with van der Waals surface area (Å²) in [5.41, 5.74) is 0.502. The van der Waals surface area contributed by atoms with Crippen LogP contribution in [-0.2, 0) is 17.4 Å². The topological polar surface area (TPSA) is 71.5 Å². The molecule has 0 radical (unpaired) electrons. The average Bonchev–Trinajstić information content (AvgIpc) is 3.18. The maximum Gasteiger partial charge on any atom is 0.416 e. The number of benzene rings is 2. The molecule has 0 aliphatic rings. The Morgan fingerprint density at radius 1 is 1.23 bits per heavy atom. The van der Waals surface area contributed by atoms with E-state index in [9.17, 15) is 23.1 Å². The Bertz CT molecular complexity index is 1040. The molecule has 31 heavy (non-hydrogen) atoms. The summed E-state index contributed by atoms with van der Waals surface area (Å²) < 4.78 is 43.3. The largest absolute Gasteiger partial charge is 0.491 e. The molecular formula is C21H18ClF3N2O3S. The summed E-state index contributed by atoms with van der Waals surface area (Å²) in [7, 11) is 0. The molecule has 1 aromatic heterocycles. The van der Waals surface area contributed by atoms with E-state index in [0.717, 1.165) is 17.7 Å². The minimum absolute atomic E-state index is 0.0160. The Labute approximate surface area is 185 Å². The average molecular weight is 471 g/mol. The van der Waals surface area contributed by atoms with E-state index in [-0.39, 0.29) is 31.2 Å². The molecule has 0 spiro atoms. The van der Waals surface area contributed by atoms with Crippen molar-refractivity contribution in [3.8, 4) is 16.3 Å². The van der Waals surface area contributed by atoms with Crippen molar-refractivity contribution in [3.63, 3.8) is 0 Å². The van der Waals surface area contributed by atoms with Gasteiger partial charge in [0, 0.05) is 17.5 Å². The fourth-order valence-electron chi connectivity index (χ4n) is 2.62. The molecule has 1 atom stereocenters. The molecule has 10 heteroatoms. The van der Waals surface area contributed by atoms with Crippen LogP contribution >= 0.6 is 22.9 Å². The van der Waals surface area contributed by atoms with Crippen molar-refractivity contribution in [2.24, 2.45) is 0 Å². The lowest BCUT2D eigenvalue weighted by Gasteiger charge is -2.14. The van der Waals surface area contributed by atoms with Crippen LogP contribution in [0.1, 0.15) is 11.3 Å². The van der Waals surface area contributed by atoms with Crippen molar-refractivity contribution < 1.29 is 27.8 Å². The van der Waals surface area contributed by atoms with Crippen LogP contribution in [0.5, 0.6) is 5.75 Å². The van der Waals surface area contributed by atoms with Gasteiger partial charge in [0.15, 0.2) is 0 Å². The highest BCUT2D eigenvalue weighted by Crippen LogP contribution is 2.31. The number of aromatic nitrogens is 1. The van der Waals surface area contributed by atoms with Crippen molar-refractivity contribution >= 4 is 28.8 Å². The van der Waals surface area contributed by atoms with E-state index in [0.29, 0.717) is 15.7 Å². The van der Waals surface area contributed by atoms with Gasteiger partial charge in [-0.1, -0.05) is 35.9 Å². The van der Waals surface area contributed by atoms with Gasteiger partial charge in [0.1, 0.15) is 23.5 Å². The lowest BCUT2D eigenvalue weighted by Crippen LogP contribution is -2.36. The molecule has 164 valence electrons. The first-order chi connectivity index (χ1) is 14.7. The second-order valence-electron chi connectivity index (χ2n) is 6.60. The Morgan fingerprint density at radius 2 is 2.00 bits per heavy atom. The van der Waals surface area contributed by atoms with Gasteiger partial charge in [-0.25, -0.2) is 4.98 Å². The summed E-state index contributed by atoms with van der Waals surface area (Å²) in [5, 5.41) is 15.5. The first kappa shape index (κ1) is 23.1. The van der Waals surface area contributed by atoms with Gasteiger partial charge in [0.2, 0.25) is 5.91 Å². The molecule has 1 heterocycles. The SMILES string of the molecule is O=C(Cc1csc(-c2ccccc2Cl)n1)NCC(O)COc1cccc(C(F)(F)F)c1. The van der Waals surface area contributed by atoms with E-state index in [2.05, 4.69) is 10.3 Å². The van der Waals surface area contributed by atoms with E-state index in [4.69, 9.17) is 16.3 Å². The molecule has 0 aliphatic carbocycles. The van der Waals surface area contributed by atoms with Gasteiger partial charge in [0.25, 0.3) is 0 Å². The zero-order valence-corrected chi connectivity index (χ0v) is 17.6. The van der Waals surface area contributed by atoms with Gasteiger partial charge in [-0.3, -0.25) is 4.79 Å². The summed E-state index contributed by atoms with van der Waals surface area (Å²) in [6.45, 7) is -0.381. The van der Waals surface area contributed by atoms with Crippen molar-refractivity contribution in [2.45, 2.75) is 18.7 Å². The Kier molecular flexibility index (Phi) is 7.53. The van der Waals surface area contributed by atoms with Crippen LogP contribution in [0.2, 0.25) is 5.02 Å². The highest BCUT2D eigenvalue weighted by Gasteiger charge is 2.30. The summed E-state index contributed by atoms with van der Waals surface area (Å²) >= 11 is 7.52. The van der Waals surface area contributed by atoms with Crippen molar-refractivity contribution in [1.82, 2.24) is 10.3 Å². The molecule has 0 aliphatic heterocycles. The zero-order chi connectivity index (χ0) is 22.4. The van der Waals surface area contributed by atoms with Gasteiger partial charge in [-0.2, -0.15) is 13.2 Å². The highest BCUT2D eigenvalue weighted by atomic mass is 35.5. The normalized spacial score (nSPS) is 12.4. The van der Waals surface area contributed by atoms with Crippen LogP contribution in [0.25, 0.3) is 10.6 Å². The van der Waals surface area contributed by atoms with Crippen LogP contribution in [0.4, 0.5) is 13.2 Å². The molecule has 0 bridgehead atoms. The molecule has 3 rings (SSSR count). The molecule has 3 aromatic rings. The number of amides is 1. The number of carbonyl (C=O) groups excluding carboxylic acids is 1. The molecule has 0 fully saturated rings. The van der Waals surface area contributed by atoms with Crippen LogP contribution < -0.4 is 10.1 Å². The number of carbonyl (C=O) groups is 1. The van der Waals surface area contributed by atoms with E-state index in [1.807, 2.05) is 18.2 Å². The minimum Gasteiger partial charge on any atom is -0.491 e. The molecule has 0 saturated heterocycles. The van der Waals surface area contributed by atoms with Crippen molar-refractivity contribution in [1.29, 1.82) is 0 Å². The highest BCUT2D eigenvalue weighted by molar-refractivity contribution is 7.13. The molecule has 1 unspecified atom stereocenters. The van der Waals surface area contributed by atoms with E-state index in [1.165, 1.54) is 23.5 Å². The Balaban J connectivity index is 1.45. The summed E-state index contributed by atoms with van der Waals surface area (Å²) in [4.78, 5) is 16.5. The maximum absolute atomic E-state index is 12.7. The van der Waals surface area contributed by atoms with E-state index < -0.39 is 17.8 Å². The Hall–Kier alpha value is -2.62. The number of halogens is 4. The molecule has 1 amide bonds. The zero-order valence-electron chi connectivity index (χ0n) is 16.0. The van der Waals surface area contributed by atoms with Crippen LogP contribution in [-0.4, -0.2) is 35.3 Å². The van der Waals surface area contributed by atoms with Crippen LogP contribution in [0, 0.1) is 0 Å². The van der Waals surface area contributed by atoms with Crippen LogP contribution in [0.3, 0.4) is 0 Å². The number of thiazole rings is 1. The lowest BCUT2D eigenvalue weighted by molar-refractivity contribution is -0.137. The second-order valence-corrected chi connectivity index (χ2v) is 7.86. The smallest absolute Gasteiger partial charge is 0.416 e. The predicted molar refractivity (Wildman–Crippen MR) is 112 cm³/mol. The molecule has 5 nitrogen and oxygen atoms in total. The van der Waals surface area contributed by atoms with E-state index >= 15 is 0 Å². The fraction of sp³-hybridized carbons (Fsp3) is 0.238. The monoisotopic (exact) mass is 470 g/mol. The number of ether oxygens (including phenoxy) is 1. The first-order valence-electron chi connectivity index (χ1n) is 9.16. The predicted octanol–water partition coefficient (Wildman–Crippen LogP) is 4.58. The van der Waals surface area contributed by atoms with Gasteiger partial charge in [-0.15, -0.1) is 11.3 Å². The lowest BCUT2D eigenvalue weighted by atomic mass is 10.2. The third kappa shape index (κ3) is 6.68. The minimum atomic E-state index is -4.48. The van der Waals surface area contributed by atoms with Crippen LogP contribution in [0.15, 0.2) is 53.9 Å². The fourth-order valence-corrected chi connectivity index (χ4v) is 3.76. The van der Waals surface area contributed by atoms with Crippen molar-refractivity contribution in [2.75, 3.05) is 13.2 Å². The molecular weight excluding hydrogens is 453 g/mol. The quantitative estimate of drug-likeness (QED) is 0.505. The number of alkyl halides is 3. The summed E-state index contributed by atoms with van der Waals surface area (Å²) in [6, 6.07) is 11.6. The maximum atomic E-state index is 12.7.